The van der Waals surface area contributed by atoms with Gasteiger partial charge in [0.05, 0.1) is 4.90 Å². The molecule has 0 heterocycles. The van der Waals surface area contributed by atoms with Crippen LogP contribution >= 0.6 is 10.7 Å². The van der Waals surface area contributed by atoms with Crippen molar-refractivity contribution in [1.82, 2.24) is 0 Å². The van der Waals surface area contributed by atoms with Crippen LogP contribution in [0, 0.1) is 88.1 Å². The van der Waals surface area contributed by atoms with Crippen LogP contribution in [0.15, 0.2) is 29.2 Å². The topological polar surface area (TPSA) is 74.6 Å². The van der Waals surface area contributed by atoms with Gasteiger partial charge in [0.1, 0.15) is 0 Å². The Hall–Kier alpha value is 2.26. The molecule has 4 nitrogen and oxygen atoms in total. The molecule has 15 heavy (non-hydrogen) atoms. The summed E-state index contributed by atoms with van der Waals surface area (Å²) >= 11 is 0. The Balaban J connectivity index is 0. The molecule has 0 saturated carbocycles. The van der Waals surface area contributed by atoms with E-state index < -0.39 is 15.3 Å². The standard InChI is InChI=1S/C7H7ClO4S.2Ac/c8-13(11,12)6-3-1-5(2-4-6)7(9)10;;/h1-4,7,9-10H;;. The summed E-state index contributed by atoms with van der Waals surface area (Å²) in [4.78, 5) is -0.0708. The van der Waals surface area contributed by atoms with Crippen molar-refractivity contribution in [2.24, 2.45) is 0 Å². The van der Waals surface area contributed by atoms with E-state index in [1.54, 1.807) is 0 Å². The maximum Gasteiger partial charge on any atom is 0.261 e. The molecule has 0 unspecified atom stereocenters. The molecule has 78 valence electrons. The zero-order valence-electron chi connectivity index (χ0n) is 7.54. The molecule has 1 aromatic rings. The number of aliphatic hydroxyl groups excluding tert-OH is 1. The van der Waals surface area contributed by atoms with Crippen molar-refractivity contribution in [1.29, 1.82) is 0 Å². The average molecular weight is 677 g/mol. The van der Waals surface area contributed by atoms with Crippen molar-refractivity contribution >= 4 is 19.7 Å². The van der Waals surface area contributed by atoms with E-state index in [0.29, 0.717) is 0 Å². The predicted molar refractivity (Wildman–Crippen MR) is 46.7 cm³/mol. The van der Waals surface area contributed by atoms with Crippen LogP contribution in [0.2, 0.25) is 0 Å². The fourth-order valence-electron chi connectivity index (χ4n) is 0.803. The van der Waals surface area contributed by atoms with Crippen LogP contribution in [0.1, 0.15) is 11.9 Å². The first-order chi connectivity index (χ1) is 5.91. The third-order valence-electron chi connectivity index (χ3n) is 1.46. The van der Waals surface area contributed by atoms with Crippen LogP contribution in [-0.4, -0.2) is 18.6 Å². The average Bonchev–Trinajstić information content (AvgIpc) is 2.03. The first-order valence-corrected chi connectivity index (χ1v) is 5.63. The van der Waals surface area contributed by atoms with Crippen LogP contribution in [0.5, 0.6) is 0 Å². The summed E-state index contributed by atoms with van der Waals surface area (Å²) in [5, 5.41) is 17.4. The van der Waals surface area contributed by atoms with Crippen LogP contribution in [0.3, 0.4) is 0 Å². The second-order valence-electron chi connectivity index (χ2n) is 2.38. The number of hydrogen-bond donors (Lipinski definition) is 2. The monoisotopic (exact) mass is 676 g/mol. The van der Waals surface area contributed by atoms with Gasteiger partial charge in [-0.2, -0.15) is 0 Å². The van der Waals surface area contributed by atoms with E-state index in [1.807, 2.05) is 0 Å². The van der Waals surface area contributed by atoms with Gasteiger partial charge in [-0.15, -0.1) is 0 Å². The molecule has 0 aromatic heterocycles. The van der Waals surface area contributed by atoms with Gasteiger partial charge in [-0.3, -0.25) is 0 Å². The van der Waals surface area contributed by atoms with Crippen LogP contribution in [-0.2, 0) is 9.05 Å². The van der Waals surface area contributed by atoms with Crippen LogP contribution in [0.25, 0.3) is 0 Å². The van der Waals surface area contributed by atoms with Gasteiger partial charge in [0.15, 0.2) is 6.29 Å². The van der Waals surface area contributed by atoms with E-state index in [9.17, 15) is 8.42 Å². The molecule has 0 spiro atoms. The molecule has 2 N–H and O–H groups in total. The molecular formula is C7H7Ac2ClO4S. The van der Waals surface area contributed by atoms with Gasteiger partial charge < -0.3 is 10.2 Å². The van der Waals surface area contributed by atoms with Crippen LogP contribution < -0.4 is 0 Å². The Labute approximate surface area is 164 Å². The maximum absolute atomic E-state index is 10.8. The molecular weight excluding hydrogens is 670 g/mol. The molecule has 0 aliphatic carbocycles. The van der Waals surface area contributed by atoms with Gasteiger partial charge >= 0.3 is 0 Å². The van der Waals surface area contributed by atoms with E-state index in [0.717, 1.165) is 0 Å². The molecule has 8 heteroatoms. The largest absolute Gasteiger partial charge is 0.364 e. The number of aliphatic hydroxyl groups is 2. The third kappa shape index (κ3) is 6.68. The smallest absolute Gasteiger partial charge is 0.261 e. The normalized spacial score (nSPS) is 10.4. The molecule has 0 saturated heterocycles. The molecule has 0 amide bonds. The van der Waals surface area contributed by atoms with Gasteiger partial charge in [-0.25, -0.2) is 8.42 Å². The molecule has 0 atom stereocenters. The van der Waals surface area contributed by atoms with Gasteiger partial charge in [0.2, 0.25) is 0 Å². The molecule has 1 aromatic carbocycles. The Bertz CT molecular complexity index is 390. The first kappa shape index (κ1) is 19.6. The second kappa shape index (κ2) is 8.38. The Morgan fingerprint density at radius 2 is 1.47 bits per heavy atom. The molecule has 0 aliphatic rings. The van der Waals surface area contributed by atoms with Gasteiger partial charge in [0, 0.05) is 104 Å². The number of halogens is 1. The van der Waals surface area contributed by atoms with Gasteiger partial charge in [0.25, 0.3) is 9.05 Å². The minimum absolute atomic E-state index is 0. The predicted octanol–water partition coefficient (Wildman–Crippen LogP) is 0.597. The van der Waals surface area contributed by atoms with Crippen molar-refractivity contribution < 1.29 is 107 Å². The van der Waals surface area contributed by atoms with Gasteiger partial charge in [-0.05, 0) is 12.1 Å². The third-order valence-corrected chi connectivity index (χ3v) is 2.83. The number of rotatable bonds is 2. The van der Waals surface area contributed by atoms with Crippen molar-refractivity contribution in [2.75, 3.05) is 0 Å². The minimum atomic E-state index is -3.74. The summed E-state index contributed by atoms with van der Waals surface area (Å²) in [5.41, 5.74) is 0.212. The summed E-state index contributed by atoms with van der Waals surface area (Å²) in [6.45, 7) is 0. The van der Waals surface area contributed by atoms with Crippen LogP contribution in [0.4, 0.5) is 0 Å². The number of hydrogen-bond acceptors (Lipinski definition) is 4. The summed E-state index contributed by atoms with van der Waals surface area (Å²) in [6, 6.07) is 4.97. The minimum Gasteiger partial charge on any atom is -0.364 e. The summed E-state index contributed by atoms with van der Waals surface area (Å²) < 4.78 is 21.5. The zero-order chi connectivity index (χ0) is 10.1. The summed E-state index contributed by atoms with van der Waals surface area (Å²) in [7, 11) is 1.30. The van der Waals surface area contributed by atoms with Crippen molar-refractivity contribution in [3.05, 3.63) is 29.8 Å². The Kier molecular flexibility index (Phi) is 10.9. The summed E-state index contributed by atoms with van der Waals surface area (Å²) in [5.74, 6) is 0. The van der Waals surface area contributed by atoms with E-state index in [2.05, 4.69) is 0 Å². The fraction of sp³-hybridized carbons (Fsp3) is 0.143. The van der Waals surface area contributed by atoms with E-state index in [-0.39, 0.29) is 98.6 Å². The molecule has 0 fully saturated rings. The SMILES string of the molecule is O=S(=O)(Cl)c1ccc(C(O)O)cc1.[Ac].[Ac]. The van der Waals surface area contributed by atoms with Crippen molar-refractivity contribution in [2.45, 2.75) is 11.2 Å². The molecule has 2 radical (unpaired) electrons. The Morgan fingerprint density at radius 1 is 1.07 bits per heavy atom. The summed E-state index contributed by atoms with van der Waals surface area (Å²) in [6.07, 6.45) is -1.60. The number of benzene rings is 1. The molecule has 0 bridgehead atoms. The van der Waals surface area contributed by atoms with E-state index >= 15 is 0 Å². The molecule has 1 rings (SSSR count). The van der Waals surface area contributed by atoms with Crippen molar-refractivity contribution in [3.63, 3.8) is 0 Å². The quantitative estimate of drug-likeness (QED) is 0.356. The molecule has 0 aliphatic heterocycles. The fourth-order valence-corrected chi connectivity index (χ4v) is 1.57. The second-order valence-corrected chi connectivity index (χ2v) is 4.95. The van der Waals surface area contributed by atoms with E-state index in [4.69, 9.17) is 20.9 Å². The zero-order valence-corrected chi connectivity index (χ0v) is 18.6. The van der Waals surface area contributed by atoms with Crippen molar-refractivity contribution in [3.8, 4) is 0 Å². The van der Waals surface area contributed by atoms with Gasteiger partial charge in [-0.1, -0.05) is 12.1 Å². The first-order valence-electron chi connectivity index (χ1n) is 3.32. The van der Waals surface area contributed by atoms with E-state index in [1.165, 1.54) is 24.3 Å². The maximum atomic E-state index is 10.8. The Morgan fingerprint density at radius 3 is 1.73 bits per heavy atom.